The fourth-order valence-electron chi connectivity index (χ4n) is 2.84. The molecule has 8 heteroatoms. The van der Waals surface area contributed by atoms with E-state index in [9.17, 15) is 0 Å². The number of hydrogen-bond donors (Lipinski definition) is 0. The minimum atomic E-state index is 0.525. The average molecular weight is 412 g/mol. The van der Waals surface area contributed by atoms with E-state index >= 15 is 0 Å². The second-order valence-electron chi connectivity index (χ2n) is 6.12. The van der Waals surface area contributed by atoms with Gasteiger partial charge in [0.1, 0.15) is 5.82 Å². The molecule has 0 spiro atoms. The molecule has 0 aliphatic carbocycles. The Morgan fingerprint density at radius 3 is 2.71 bits per heavy atom. The Labute approximate surface area is 172 Å². The van der Waals surface area contributed by atoms with Gasteiger partial charge in [-0.05, 0) is 24.6 Å². The first-order chi connectivity index (χ1) is 13.7. The van der Waals surface area contributed by atoms with E-state index in [-0.39, 0.29) is 0 Å². The molecule has 0 aliphatic rings. The lowest BCUT2D eigenvalue weighted by Crippen LogP contribution is -2.04. The number of hydrogen-bond acceptors (Lipinski definition) is 6. The Bertz CT molecular complexity index is 1060. The van der Waals surface area contributed by atoms with Crippen LogP contribution in [0, 0.1) is 0 Å². The predicted molar refractivity (Wildman–Crippen MR) is 109 cm³/mol. The summed E-state index contributed by atoms with van der Waals surface area (Å²) in [6, 6.07) is 17.7. The number of aromatic nitrogens is 5. The van der Waals surface area contributed by atoms with Crippen molar-refractivity contribution in [2.75, 3.05) is 0 Å². The van der Waals surface area contributed by atoms with Crippen LogP contribution >= 0.6 is 23.4 Å². The molecule has 0 saturated heterocycles. The molecule has 0 saturated carbocycles. The Morgan fingerprint density at radius 1 is 1.07 bits per heavy atom. The topological polar surface area (TPSA) is 69.6 Å². The second-order valence-corrected chi connectivity index (χ2v) is 7.50. The van der Waals surface area contributed by atoms with Gasteiger partial charge in [0, 0.05) is 23.6 Å². The van der Waals surface area contributed by atoms with Crippen LogP contribution < -0.4 is 0 Å². The third-order valence-electron chi connectivity index (χ3n) is 4.19. The molecule has 2 heterocycles. The maximum Gasteiger partial charge on any atom is 0.237 e. The lowest BCUT2D eigenvalue weighted by atomic mass is 10.1. The molecular weight excluding hydrogens is 394 g/mol. The zero-order valence-electron chi connectivity index (χ0n) is 15.2. The summed E-state index contributed by atoms with van der Waals surface area (Å²) in [5, 5.41) is 14.2. The molecule has 6 nitrogen and oxygen atoms in total. The molecule has 0 amide bonds. The van der Waals surface area contributed by atoms with Gasteiger partial charge >= 0.3 is 0 Å². The Morgan fingerprint density at radius 2 is 1.93 bits per heavy atom. The van der Waals surface area contributed by atoms with Crippen LogP contribution in [0.25, 0.3) is 11.4 Å². The quantitative estimate of drug-likeness (QED) is 0.403. The fourth-order valence-corrected chi connectivity index (χ4v) is 3.89. The van der Waals surface area contributed by atoms with Crippen molar-refractivity contribution in [1.82, 2.24) is 24.9 Å². The summed E-state index contributed by atoms with van der Waals surface area (Å²) < 4.78 is 7.49. The molecule has 28 heavy (non-hydrogen) atoms. The number of halogens is 1. The van der Waals surface area contributed by atoms with Crippen molar-refractivity contribution in [3.05, 3.63) is 76.9 Å². The highest BCUT2D eigenvalue weighted by molar-refractivity contribution is 7.98. The highest BCUT2D eigenvalue weighted by atomic mass is 35.5. The van der Waals surface area contributed by atoms with E-state index in [1.165, 1.54) is 17.3 Å². The van der Waals surface area contributed by atoms with Crippen LogP contribution in [0.4, 0.5) is 0 Å². The van der Waals surface area contributed by atoms with Gasteiger partial charge in [-0.15, -0.1) is 10.2 Å². The van der Waals surface area contributed by atoms with Crippen molar-refractivity contribution in [1.29, 1.82) is 0 Å². The van der Waals surface area contributed by atoms with Crippen LogP contribution in [-0.4, -0.2) is 24.9 Å². The summed E-state index contributed by atoms with van der Waals surface area (Å²) >= 11 is 7.56. The van der Waals surface area contributed by atoms with Crippen molar-refractivity contribution in [3.63, 3.8) is 0 Å². The van der Waals surface area contributed by atoms with E-state index in [1.54, 1.807) is 0 Å². The van der Waals surface area contributed by atoms with Crippen LogP contribution in [-0.2, 0) is 18.7 Å². The van der Waals surface area contributed by atoms with E-state index in [0.29, 0.717) is 22.5 Å². The van der Waals surface area contributed by atoms with Crippen molar-refractivity contribution < 1.29 is 4.52 Å². The zero-order chi connectivity index (χ0) is 19.3. The zero-order valence-corrected chi connectivity index (χ0v) is 16.8. The summed E-state index contributed by atoms with van der Waals surface area (Å²) in [4.78, 5) is 4.45. The summed E-state index contributed by atoms with van der Waals surface area (Å²) in [6.07, 6.45) is 0.752. The monoisotopic (exact) mass is 411 g/mol. The predicted octanol–water partition coefficient (Wildman–Crippen LogP) is 4.88. The van der Waals surface area contributed by atoms with Crippen LogP contribution in [0.1, 0.15) is 24.2 Å². The largest absolute Gasteiger partial charge is 0.338 e. The van der Waals surface area contributed by atoms with Gasteiger partial charge in [0.25, 0.3) is 0 Å². The molecular formula is C20H18ClN5OS. The van der Waals surface area contributed by atoms with Gasteiger partial charge in [0.2, 0.25) is 11.7 Å². The molecule has 0 atom stereocenters. The molecule has 0 N–H and O–H groups in total. The molecule has 0 fully saturated rings. The van der Waals surface area contributed by atoms with E-state index in [4.69, 9.17) is 16.1 Å². The van der Waals surface area contributed by atoms with Gasteiger partial charge < -0.3 is 9.09 Å². The Kier molecular flexibility index (Phi) is 5.73. The summed E-state index contributed by atoms with van der Waals surface area (Å²) in [5.74, 6) is 2.54. The molecule has 2 aromatic carbocycles. The van der Waals surface area contributed by atoms with Gasteiger partial charge in [-0.25, -0.2) is 0 Å². The standard InChI is InChI=1S/C20H18ClN5OS/c1-2-26-17(11-14-7-4-3-5-8-14)23-24-20(26)28-13-18-22-19(25-27-18)15-9-6-10-16(21)12-15/h3-10,12H,2,11,13H2,1H3. The molecule has 4 rings (SSSR count). The molecule has 0 unspecified atom stereocenters. The van der Waals surface area contributed by atoms with E-state index in [0.717, 1.165) is 29.5 Å². The maximum atomic E-state index is 6.03. The number of thioether (sulfide) groups is 1. The summed E-state index contributed by atoms with van der Waals surface area (Å²) in [6.45, 7) is 2.89. The van der Waals surface area contributed by atoms with Gasteiger partial charge in [0.15, 0.2) is 5.16 Å². The van der Waals surface area contributed by atoms with E-state index in [1.807, 2.05) is 42.5 Å². The first-order valence-electron chi connectivity index (χ1n) is 8.90. The van der Waals surface area contributed by atoms with Crippen molar-refractivity contribution in [2.24, 2.45) is 0 Å². The normalized spacial score (nSPS) is 11.1. The highest BCUT2D eigenvalue weighted by Crippen LogP contribution is 2.25. The van der Waals surface area contributed by atoms with Gasteiger partial charge in [-0.3, -0.25) is 0 Å². The Hall–Kier alpha value is -2.64. The third kappa shape index (κ3) is 4.26. The fraction of sp³-hybridized carbons (Fsp3) is 0.200. The molecule has 0 radical (unpaired) electrons. The molecule has 0 aliphatic heterocycles. The van der Waals surface area contributed by atoms with Crippen molar-refractivity contribution in [3.8, 4) is 11.4 Å². The van der Waals surface area contributed by atoms with Crippen molar-refractivity contribution >= 4 is 23.4 Å². The van der Waals surface area contributed by atoms with E-state index < -0.39 is 0 Å². The number of nitrogens with zero attached hydrogens (tertiary/aromatic N) is 5. The minimum Gasteiger partial charge on any atom is -0.338 e. The SMILES string of the molecule is CCn1c(Cc2ccccc2)nnc1SCc1nc(-c2cccc(Cl)c2)no1. The molecule has 142 valence electrons. The van der Waals surface area contributed by atoms with Crippen LogP contribution in [0.5, 0.6) is 0 Å². The third-order valence-corrected chi connectivity index (χ3v) is 5.38. The van der Waals surface area contributed by atoms with Gasteiger partial charge in [-0.2, -0.15) is 4.98 Å². The van der Waals surface area contributed by atoms with Crippen molar-refractivity contribution in [2.45, 2.75) is 30.8 Å². The second kappa shape index (κ2) is 8.58. The minimum absolute atomic E-state index is 0.525. The molecule has 0 bridgehead atoms. The number of benzene rings is 2. The first-order valence-corrected chi connectivity index (χ1v) is 10.3. The highest BCUT2D eigenvalue weighted by Gasteiger charge is 2.15. The number of rotatable bonds is 7. The first kappa shape index (κ1) is 18.7. The van der Waals surface area contributed by atoms with E-state index in [2.05, 4.69) is 44.0 Å². The average Bonchev–Trinajstić information content (AvgIpc) is 3.34. The Balaban J connectivity index is 1.45. The van der Waals surface area contributed by atoms with Crippen LogP contribution in [0.15, 0.2) is 64.3 Å². The van der Waals surface area contributed by atoms with Gasteiger partial charge in [0.05, 0.1) is 5.75 Å². The summed E-state index contributed by atoms with van der Waals surface area (Å²) in [7, 11) is 0. The maximum absolute atomic E-state index is 6.03. The summed E-state index contributed by atoms with van der Waals surface area (Å²) in [5.41, 5.74) is 2.04. The molecule has 2 aromatic heterocycles. The van der Waals surface area contributed by atoms with Crippen LogP contribution in [0.3, 0.4) is 0 Å². The van der Waals surface area contributed by atoms with Gasteiger partial charge in [-0.1, -0.05) is 71.0 Å². The lowest BCUT2D eigenvalue weighted by molar-refractivity contribution is 0.391. The van der Waals surface area contributed by atoms with Crippen LogP contribution in [0.2, 0.25) is 5.02 Å². The lowest BCUT2D eigenvalue weighted by Gasteiger charge is -2.06. The smallest absolute Gasteiger partial charge is 0.237 e. The molecule has 4 aromatic rings.